The minimum Gasteiger partial charge on any atom is -0.363 e. The molecule has 0 heterocycles. The molecule has 0 saturated heterocycles. The lowest BCUT2D eigenvalue weighted by molar-refractivity contribution is -0.446. The molecule has 0 aromatic carbocycles. The van der Waals surface area contributed by atoms with Gasteiger partial charge in [-0.25, -0.2) is 0 Å². The number of aliphatic hydroxyl groups is 1. The standard InChI is InChI=1S/C20H29F7O7S/c1-2-32-15(28)18(19(23,24)25,33-4-3-17(21,22)20(26,27)35(29,30)31)34-11-16-8-12-5-13(9-16)7-14(6-12)10-16/h12-15,28H,2-11H2,1H3,(H,29,30,31). The van der Waals surface area contributed by atoms with Crippen LogP contribution in [0.4, 0.5) is 30.7 Å². The number of rotatable bonds is 12. The molecule has 0 aliphatic heterocycles. The van der Waals surface area contributed by atoms with Crippen molar-refractivity contribution in [2.24, 2.45) is 23.2 Å². The third kappa shape index (κ3) is 5.44. The van der Waals surface area contributed by atoms with Crippen molar-refractivity contribution in [3.8, 4) is 0 Å². The zero-order valence-electron chi connectivity index (χ0n) is 18.9. The molecule has 7 nitrogen and oxygen atoms in total. The Kier molecular flexibility index (Phi) is 7.85. The summed E-state index contributed by atoms with van der Waals surface area (Å²) in [6.07, 6.45) is -5.95. The largest absolute Gasteiger partial charge is 0.448 e. The number of halogens is 7. The second-order valence-corrected chi connectivity index (χ2v) is 11.4. The summed E-state index contributed by atoms with van der Waals surface area (Å²) in [6, 6.07) is 0. The van der Waals surface area contributed by atoms with Gasteiger partial charge in [0.15, 0.2) is 0 Å². The van der Waals surface area contributed by atoms with Crippen LogP contribution in [0.5, 0.6) is 0 Å². The normalized spacial score (nSPS) is 32.0. The molecule has 0 aromatic rings. The Hall–Kier alpha value is -0.740. The summed E-state index contributed by atoms with van der Waals surface area (Å²) in [7, 11) is -6.58. The molecule has 0 aromatic heterocycles. The number of alkyl halides is 7. The highest BCUT2D eigenvalue weighted by Gasteiger charge is 2.68. The van der Waals surface area contributed by atoms with E-state index in [9.17, 15) is 44.3 Å². The Bertz CT molecular complexity index is 829. The molecule has 4 rings (SSSR count). The summed E-state index contributed by atoms with van der Waals surface area (Å²) in [5.41, 5.74) is -0.636. The van der Waals surface area contributed by atoms with E-state index in [1.165, 1.54) is 6.92 Å². The van der Waals surface area contributed by atoms with E-state index in [-0.39, 0.29) is 0 Å². The van der Waals surface area contributed by atoms with Crippen molar-refractivity contribution in [3.05, 3.63) is 0 Å². The maximum atomic E-state index is 14.2. The average molecular weight is 546 g/mol. The first kappa shape index (κ1) is 28.8. The van der Waals surface area contributed by atoms with Crippen molar-refractivity contribution in [3.63, 3.8) is 0 Å². The first-order chi connectivity index (χ1) is 15.9. The Morgan fingerprint density at radius 3 is 1.83 bits per heavy atom. The van der Waals surface area contributed by atoms with E-state index >= 15 is 0 Å². The molecule has 2 N–H and O–H groups in total. The number of ether oxygens (including phenoxy) is 3. The molecule has 15 heteroatoms. The number of aliphatic hydroxyl groups excluding tert-OH is 1. The van der Waals surface area contributed by atoms with Crippen LogP contribution < -0.4 is 0 Å². The van der Waals surface area contributed by atoms with E-state index in [4.69, 9.17) is 9.29 Å². The van der Waals surface area contributed by atoms with Crippen molar-refractivity contribution in [2.45, 2.75) is 81.3 Å². The van der Waals surface area contributed by atoms with Crippen LogP contribution in [0.2, 0.25) is 0 Å². The Balaban J connectivity index is 1.81. The molecular weight excluding hydrogens is 517 g/mol. The first-order valence-corrected chi connectivity index (χ1v) is 12.7. The van der Waals surface area contributed by atoms with Crippen molar-refractivity contribution < 1.29 is 63.0 Å². The van der Waals surface area contributed by atoms with Crippen LogP contribution in [0.25, 0.3) is 0 Å². The van der Waals surface area contributed by atoms with Gasteiger partial charge in [0.05, 0.1) is 13.2 Å². The van der Waals surface area contributed by atoms with Crippen LogP contribution in [0.1, 0.15) is 51.9 Å². The smallest absolute Gasteiger partial charge is 0.363 e. The van der Waals surface area contributed by atoms with Crippen LogP contribution >= 0.6 is 0 Å². The highest BCUT2D eigenvalue weighted by Crippen LogP contribution is 2.60. The second kappa shape index (κ2) is 9.53. The van der Waals surface area contributed by atoms with Gasteiger partial charge in [0, 0.05) is 13.0 Å². The maximum Gasteiger partial charge on any atom is 0.448 e. The van der Waals surface area contributed by atoms with Gasteiger partial charge in [0.2, 0.25) is 6.29 Å². The van der Waals surface area contributed by atoms with E-state index in [0.29, 0.717) is 37.0 Å². The van der Waals surface area contributed by atoms with E-state index in [0.717, 1.165) is 19.3 Å². The van der Waals surface area contributed by atoms with Gasteiger partial charge < -0.3 is 19.3 Å². The molecular formula is C20H29F7O7S. The topological polar surface area (TPSA) is 102 Å². The second-order valence-electron chi connectivity index (χ2n) is 9.97. The first-order valence-electron chi connectivity index (χ1n) is 11.2. The van der Waals surface area contributed by atoms with Gasteiger partial charge in [-0.3, -0.25) is 4.55 Å². The van der Waals surface area contributed by atoms with Crippen LogP contribution in [0, 0.1) is 23.2 Å². The quantitative estimate of drug-likeness (QED) is 0.213. The minimum atomic E-state index is -6.58. The van der Waals surface area contributed by atoms with E-state index in [1.807, 2.05) is 0 Å². The number of hydrogen-bond donors (Lipinski definition) is 2. The lowest BCUT2D eigenvalue weighted by Crippen LogP contribution is -2.61. The van der Waals surface area contributed by atoms with Gasteiger partial charge in [-0.15, -0.1) is 0 Å². The predicted octanol–water partition coefficient (Wildman–Crippen LogP) is 4.36. The Labute approximate surface area is 198 Å². The summed E-state index contributed by atoms with van der Waals surface area (Å²) in [5.74, 6) is -8.51. The predicted molar refractivity (Wildman–Crippen MR) is 105 cm³/mol. The molecule has 0 spiro atoms. The SMILES string of the molecule is CCOC(O)C(OCCC(F)(F)C(F)(F)S(=O)(=O)O)(OCC12CC3CC(CC(C3)C1)C2)C(F)(F)F. The molecule has 4 aliphatic carbocycles. The molecule has 0 radical (unpaired) electrons. The molecule has 0 amide bonds. The third-order valence-corrected chi connectivity index (χ3v) is 8.23. The lowest BCUT2D eigenvalue weighted by atomic mass is 9.50. The van der Waals surface area contributed by atoms with Crippen LogP contribution in [-0.2, 0) is 24.3 Å². The summed E-state index contributed by atoms with van der Waals surface area (Å²) in [5, 5.41) is 4.18. The van der Waals surface area contributed by atoms with E-state index in [1.54, 1.807) is 0 Å². The van der Waals surface area contributed by atoms with Crippen LogP contribution in [-0.4, -0.2) is 67.3 Å². The van der Waals surface area contributed by atoms with Crippen LogP contribution in [0.15, 0.2) is 0 Å². The molecule has 2 unspecified atom stereocenters. The summed E-state index contributed by atoms with van der Waals surface area (Å²) in [6.45, 7) is -1.55. The van der Waals surface area contributed by atoms with Gasteiger partial charge in [-0.2, -0.15) is 39.2 Å². The Morgan fingerprint density at radius 1 is 0.943 bits per heavy atom. The fourth-order valence-corrected chi connectivity index (χ4v) is 6.63. The van der Waals surface area contributed by atoms with Crippen molar-refractivity contribution in [1.29, 1.82) is 0 Å². The van der Waals surface area contributed by atoms with E-state index in [2.05, 4.69) is 9.47 Å². The zero-order valence-corrected chi connectivity index (χ0v) is 19.7. The summed E-state index contributed by atoms with van der Waals surface area (Å²) < 4.78 is 141. The van der Waals surface area contributed by atoms with Crippen molar-refractivity contribution in [2.75, 3.05) is 19.8 Å². The third-order valence-electron chi connectivity index (χ3n) is 7.28. The van der Waals surface area contributed by atoms with Gasteiger partial charge >= 0.3 is 33.3 Å². The fourth-order valence-electron chi connectivity index (χ4n) is 6.15. The minimum absolute atomic E-state index is 0.323. The average Bonchev–Trinajstić information content (AvgIpc) is 2.67. The van der Waals surface area contributed by atoms with E-state index < -0.39 is 71.2 Å². The Morgan fingerprint density at radius 2 is 1.43 bits per heavy atom. The molecule has 206 valence electrons. The van der Waals surface area contributed by atoms with Gasteiger partial charge in [0.25, 0.3) is 0 Å². The van der Waals surface area contributed by atoms with Crippen LogP contribution in [0.3, 0.4) is 0 Å². The fraction of sp³-hybridized carbons (Fsp3) is 1.00. The monoisotopic (exact) mass is 546 g/mol. The van der Waals surface area contributed by atoms with Crippen molar-refractivity contribution in [1.82, 2.24) is 0 Å². The molecule has 4 saturated carbocycles. The maximum absolute atomic E-state index is 14.2. The highest BCUT2D eigenvalue weighted by atomic mass is 32.2. The van der Waals surface area contributed by atoms with Gasteiger partial charge in [-0.05, 0) is 68.6 Å². The molecule has 4 bridgehead atoms. The molecule has 35 heavy (non-hydrogen) atoms. The van der Waals surface area contributed by atoms with Gasteiger partial charge in [-0.1, -0.05) is 0 Å². The highest BCUT2D eigenvalue weighted by molar-refractivity contribution is 7.87. The van der Waals surface area contributed by atoms with Gasteiger partial charge in [0.1, 0.15) is 0 Å². The lowest BCUT2D eigenvalue weighted by Gasteiger charge is -2.57. The van der Waals surface area contributed by atoms with Crippen molar-refractivity contribution >= 4 is 10.1 Å². The number of hydrogen-bond acceptors (Lipinski definition) is 6. The molecule has 2 atom stereocenters. The zero-order chi connectivity index (χ0) is 26.5. The summed E-state index contributed by atoms with van der Waals surface area (Å²) in [4.78, 5) is 0. The molecule has 4 aliphatic rings. The molecule has 4 fully saturated rings. The summed E-state index contributed by atoms with van der Waals surface area (Å²) >= 11 is 0.